The Balaban J connectivity index is 2.65. The van der Waals surface area contributed by atoms with Gasteiger partial charge in [-0.2, -0.15) is 0 Å². The minimum absolute atomic E-state index is 0.0278. The minimum atomic E-state index is -0.0278. The summed E-state index contributed by atoms with van der Waals surface area (Å²) < 4.78 is 3.73. The van der Waals surface area contributed by atoms with E-state index < -0.39 is 0 Å². The van der Waals surface area contributed by atoms with Crippen LogP contribution < -0.4 is 5.32 Å². The van der Waals surface area contributed by atoms with Crippen molar-refractivity contribution in [3.63, 3.8) is 0 Å². The average molecular weight is 167 g/mol. The van der Waals surface area contributed by atoms with Crippen molar-refractivity contribution in [1.29, 1.82) is 0 Å². The minimum Gasteiger partial charge on any atom is -0.300 e. The van der Waals surface area contributed by atoms with E-state index in [0.29, 0.717) is 0 Å². The van der Waals surface area contributed by atoms with Gasteiger partial charge in [-0.15, -0.1) is 11.5 Å². The molecule has 58 valence electrons. The van der Waals surface area contributed by atoms with Crippen LogP contribution in [0.4, 0.5) is 0 Å². The van der Waals surface area contributed by atoms with Gasteiger partial charge in [0.15, 0.2) is 0 Å². The van der Waals surface area contributed by atoms with Crippen LogP contribution in [0.5, 0.6) is 0 Å². The first-order valence-electron chi connectivity index (χ1n) is 3.35. The predicted molar refractivity (Wildman–Crippen MR) is 45.2 cm³/mol. The zero-order valence-corrected chi connectivity index (χ0v) is 7.06. The van der Waals surface area contributed by atoms with Crippen molar-refractivity contribution in [3.05, 3.63) is 11.1 Å². The highest BCUT2D eigenvalue weighted by Crippen LogP contribution is 2.13. The van der Waals surface area contributed by atoms with Crippen LogP contribution in [0.3, 0.4) is 0 Å². The van der Waals surface area contributed by atoms with E-state index in [1.807, 2.05) is 6.92 Å². The lowest BCUT2D eigenvalue weighted by Gasteiger charge is -2.06. The van der Waals surface area contributed by atoms with Crippen molar-refractivity contribution in [2.75, 3.05) is 6.54 Å². The van der Waals surface area contributed by atoms with Gasteiger partial charge in [-0.05, 0) is 18.1 Å². The molecule has 11 heavy (non-hydrogen) atoms. The van der Waals surface area contributed by atoms with E-state index in [1.54, 1.807) is 6.20 Å². The number of rotatable bonds is 3. The molecule has 0 saturated carbocycles. The molecule has 1 heterocycles. The molecule has 1 aromatic heterocycles. The Labute approximate surface area is 70.0 Å². The second kappa shape index (κ2) is 4.06. The number of nitrogens with zero attached hydrogens (tertiary/aromatic N) is 2. The molecule has 0 saturated heterocycles. The molecule has 0 radical (unpaired) electrons. The van der Waals surface area contributed by atoms with Crippen molar-refractivity contribution in [2.45, 2.75) is 13.0 Å². The van der Waals surface area contributed by atoms with Crippen molar-refractivity contribution in [3.8, 4) is 12.3 Å². The molecule has 1 atom stereocenters. The second-order valence-electron chi connectivity index (χ2n) is 1.98. The quantitative estimate of drug-likeness (QED) is 0.677. The molecular formula is C7H9N3S. The molecule has 0 amide bonds. The molecule has 0 bridgehead atoms. The molecule has 0 spiro atoms. The zero-order valence-electron chi connectivity index (χ0n) is 6.24. The summed E-state index contributed by atoms with van der Waals surface area (Å²) in [5.74, 6) is 2.62. The summed E-state index contributed by atoms with van der Waals surface area (Å²) in [6, 6.07) is -0.0278. The fraction of sp³-hybridized carbons (Fsp3) is 0.429. The van der Waals surface area contributed by atoms with E-state index in [9.17, 15) is 0 Å². The van der Waals surface area contributed by atoms with Gasteiger partial charge >= 0.3 is 0 Å². The predicted octanol–water partition coefficient (Wildman–Crippen LogP) is 0.822. The molecule has 3 nitrogen and oxygen atoms in total. The molecule has 1 N–H and O–H groups in total. The summed E-state index contributed by atoms with van der Waals surface area (Å²) in [6.07, 6.45) is 6.98. The van der Waals surface area contributed by atoms with E-state index in [4.69, 9.17) is 6.42 Å². The molecule has 4 heteroatoms. The molecule has 0 aliphatic heterocycles. The highest BCUT2D eigenvalue weighted by atomic mass is 32.1. The van der Waals surface area contributed by atoms with Gasteiger partial charge in [0.2, 0.25) is 0 Å². The zero-order chi connectivity index (χ0) is 8.10. The van der Waals surface area contributed by atoms with Crippen LogP contribution in [-0.2, 0) is 0 Å². The third kappa shape index (κ3) is 2.00. The van der Waals surface area contributed by atoms with Gasteiger partial charge in [-0.3, -0.25) is 5.32 Å². The van der Waals surface area contributed by atoms with Crippen molar-refractivity contribution in [1.82, 2.24) is 14.9 Å². The van der Waals surface area contributed by atoms with Crippen LogP contribution in [0.2, 0.25) is 0 Å². The Kier molecular flexibility index (Phi) is 3.02. The maximum Gasteiger partial charge on any atom is 0.107 e. The largest absolute Gasteiger partial charge is 0.300 e. The number of hydrogen-bond acceptors (Lipinski definition) is 4. The normalized spacial score (nSPS) is 12.4. The van der Waals surface area contributed by atoms with E-state index >= 15 is 0 Å². The van der Waals surface area contributed by atoms with Crippen LogP contribution in [0.15, 0.2) is 6.20 Å². The Morgan fingerprint density at radius 2 is 2.73 bits per heavy atom. The van der Waals surface area contributed by atoms with Crippen LogP contribution in [-0.4, -0.2) is 16.1 Å². The van der Waals surface area contributed by atoms with Crippen molar-refractivity contribution >= 4 is 11.5 Å². The Hall–Kier alpha value is -0.920. The lowest BCUT2D eigenvalue weighted by atomic mass is 10.3. The third-order valence-electron chi connectivity index (χ3n) is 1.24. The Bertz CT molecular complexity index is 237. The summed E-state index contributed by atoms with van der Waals surface area (Å²) >= 11 is 1.33. The number of terminal acetylenes is 1. The lowest BCUT2D eigenvalue weighted by molar-refractivity contribution is 0.673. The van der Waals surface area contributed by atoms with E-state index in [0.717, 1.165) is 11.4 Å². The Morgan fingerprint density at radius 3 is 3.18 bits per heavy atom. The smallest absolute Gasteiger partial charge is 0.107 e. The van der Waals surface area contributed by atoms with Crippen LogP contribution >= 0.6 is 11.5 Å². The van der Waals surface area contributed by atoms with Crippen LogP contribution in [0, 0.1) is 12.3 Å². The molecule has 0 aliphatic rings. The lowest BCUT2D eigenvalue weighted by Crippen LogP contribution is -2.17. The maximum absolute atomic E-state index is 5.29. The van der Waals surface area contributed by atoms with Gasteiger partial charge in [0.1, 0.15) is 6.04 Å². The van der Waals surface area contributed by atoms with Gasteiger partial charge in [0, 0.05) is 0 Å². The first-order chi connectivity index (χ1) is 5.38. The second-order valence-corrected chi connectivity index (χ2v) is 2.79. The van der Waals surface area contributed by atoms with E-state index in [-0.39, 0.29) is 6.04 Å². The van der Waals surface area contributed by atoms with Gasteiger partial charge in [0.25, 0.3) is 0 Å². The fourth-order valence-corrected chi connectivity index (χ4v) is 1.29. The molecule has 0 aromatic carbocycles. The third-order valence-corrected chi connectivity index (χ3v) is 1.97. The SMILES string of the molecule is C#CC(NCC)c1cnns1. The van der Waals surface area contributed by atoms with Gasteiger partial charge in [0.05, 0.1) is 11.1 Å². The van der Waals surface area contributed by atoms with E-state index in [1.165, 1.54) is 11.5 Å². The van der Waals surface area contributed by atoms with E-state index in [2.05, 4.69) is 20.8 Å². The van der Waals surface area contributed by atoms with Gasteiger partial charge in [-0.1, -0.05) is 17.3 Å². The van der Waals surface area contributed by atoms with Crippen molar-refractivity contribution in [2.24, 2.45) is 0 Å². The molecule has 1 unspecified atom stereocenters. The summed E-state index contributed by atoms with van der Waals surface area (Å²) in [5.41, 5.74) is 0. The monoisotopic (exact) mass is 167 g/mol. The first-order valence-corrected chi connectivity index (χ1v) is 4.12. The van der Waals surface area contributed by atoms with Crippen molar-refractivity contribution < 1.29 is 0 Å². The van der Waals surface area contributed by atoms with Gasteiger partial charge < -0.3 is 0 Å². The van der Waals surface area contributed by atoms with Crippen LogP contribution in [0.25, 0.3) is 0 Å². The fourth-order valence-electron chi connectivity index (χ4n) is 0.748. The van der Waals surface area contributed by atoms with Gasteiger partial charge in [-0.25, -0.2) is 0 Å². The summed E-state index contributed by atoms with van der Waals surface area (Å²) in [5, 5.41) is 6.84. The molecular weight excluding hydrogens is 158 g/mol. The standard InChI is InChI=1S/C7H9N3S/c1-3-6(8-4-2)7-5-9-10-11-7/h1,5-6,8H,4H2,2H3. The summed E-state index contributed by atoms with van der Waals surface area (Å²) in [6.45, 7) is 2.87. The first kappa shape index (κ1) is 8.18. The highest BCUT2D eigenvalue weighted by molar-refractivity contribution is 7.05. The number of aromatic nitrogens is 2. The average Bonchev–Trinajstić information content (AvgIpc) is 2.52. The number of hydrogen-bond donors (Lipinski definition) is 1. The topological polar surface area (TPSA) is 37.8 Å². The highest BCUT2D eigenvalue weighted by Gasteiger charge is 2.07. The Morgan fingerprint density at radius 1 is 1.91 bits per heavy atom. The molecule has 1 aromatic rings. The van der Waals surface area contributed by atoms with Crippen LogP contribution in [0.1, 0.15) is 17.8 Å². The maximum atomic E-state index is 5.29. The molecule has 0 fully saturated rings. The molecule has 0 aliphatic carbocycles. The summed E-state index contributed by atoms with van der Waals surface area (Å²) in [4.78, 5) is 0.995. The number of nitrogens with one attached hydrogen (secondary N) is 1. The molecule has 1 rings (SSSR count). The summed E-state index contributed by atoms with van der Waals surface area (Å²) in [7, 11) is 0.